The molecule has 0 aliphatic carbocycles. The standard InChI is InChI=1S/C59H52F6N4O10/c60-44-25-23-40(28-42(44)30-46(56(71)76-33-37-16-7-2-8-17-37)68-55(70)45(66)22-13-27-67-58(73)77-34-38-18-9-3-10-19-38)41-24-26-48(75-32-36-14-5-1-6-15-36)43(29-41)31-47(69-59(74)78-35-39-20-11-4-12-21-39)57(72)79-54-52(64)50(62)49(61)51(63)53(54)65/h1-12,14-21,23-26,28-29,45-47H,13,22,27,30-35,66H2,(H,67,73)(H,68,70)(H,69,74)/t45-,46-,47-/m0/s1. The van der Waals surface area contributed by atoms with E-state index in [1.54, 1.807) is 121 Å². The van der Waals surface area contributed by atoms with Crippen molar-refractivity contribution in [1.82, 2.24) is 16.0 Å². The molecule has 3 amide bonds. The molecule has 79 heavy (non-hydrogen) atoms. The predicted molar refractivity (Wildman–Crippen MR) is 275 cm³/mol. The van der Waals surface area contributed by atoms with E-state index >= 15 is 4.39 Å². The Labute approximate surface area is 449 Å². The van der Waals surface area contributed by atoms with Gasteiger partial charge in [-0.2, -0.15) is 8.78 Å². The molecule has 14 nitrogen and oxygen atoms in total. The molecule has 0 heterocycles. The highest BCUT2D eigenvalue weighted by atomic mass is 19.2. The molecule has 20 heteroatoms. The summed E-state index contributed by atoms with van der Waals surface area (Å²) in [6.45, 7) is -0.386. The number of esters is 2. The summed E-state index contributed by atoms with van der Waals surface area (Å²) in [6.07, 6.45) is -2.69. The van der Waals surface area contributed by atoms with Gasteiger partial charge in [0, 0.05) is 19.4 Å². The largest absolute Gasteiger partial charge is 0.489 e. The number of nitrogens with one attached hydrogen (secondary N) is 3. The Balaban J connectivity index is 1.14. The molecule has 0 bridgehead atoms. The molecule has 7 aromatic carbocycles. The summed E-state index contributed by atoms with van der Waals surface area (Å²) in [5.41, 5.74) is 9.53. The molecular formula is C59H52F6N4O10. The SMILES string of the molecule is N[C@@H](CCCNC(=O)OCc1ccccc1)C(=O)N[C@@H](Cc1cc(-c2ccc(OCc3ccccc3)c(C[C@H](NC(=O)OCc3ccccc3)C(=O)Oc3c(F)c(F)c(F)c(F)c3F)c2)ccc1F)C(=O)OCc1ccccc1. The van der Waals surface area contributed by atoms with Crippen molar-refractivity contribution in [1.29, 1.82) is 0 Å². The first-order valence-electron chi connectivity index (χ1n) is 24.6. The van der Waals surface area contributed by atoms with Crippen LogP contribution < -0.4 is 31.2 Å². The third-order valence-electron chi connectivity index (χ3n) is 12.0. The van der Waals surface area contributed by atoms with Gasteiger partial charge >= 0.3 is 24.1 Å². The average molecular weight is 1090 g/mol. The van der Waals surface area contributed by atoms with Crippen molar-refractivity contribution < 1.29 is 74.0 Å². The first-order valence-corrected chi connectivity index (χ1v) is 24.6. The highest BCUT2D eigenvalue weighted by Gasteiger charge is 2.33. The van der Waals surface area contributed by atoms with Crippen LogP contribution in [0.1, 0.15) is 46.2 Å². The fourth-order valence-electron chi connectivity index (χ4n) is 7.81. The van der Waals surface area contributed by atoms with E-state index < -0.39 is 102 Å². The number of hydrogen-bond acceptors (Lipinski definition) is 11. The quantitative estimate of drug-likeness (QED) is 0.00856. The molecule has 0 radical (unpaired) electrons. The number of ether oxygens (including phenoxy) is 5. The second-order valence-corrected chi connectivity index (χ2v) is 17.8. The Kier molecular flexibility index (Phi) is 20.6. The maximum absolute atomic E-state index is 16.0. The molecule has 5 N–H and O–H groups in total. The average Bonchev–Trinajstić information content (AvgIpc) is 3.48. The van der Waals surface area contributed by atoms with Gasteiger partial charge < -0.3 is 45.4 Å². The van der Waals surface area contributed by atoms with Crippen LogP contribution in [-0.2, 0) is 67.9 Å². The van der Waals surface area contributed by atoms with E-state index in [1.165, 1.54) is 24.3 Å². The summed E-state index contributed by atoms with van der Waals surface area (Å²) in [5.74, 6) is -18.2. The second-order valence-electron chi connectivity index (χ2n) is 17.8. The number of hydrogen-bond donors (Lipinski definition) is 4. The normalized spacial score (nSPS) is 12.0. The van der Waals surface area contributed by atoms with Gasteiger partial charge in [0.05, 0.1) is 6.04 Å². The molecule has 0 unspecified atom stereocenters. The summed E-state index contributed by atoms with van der Waals surface area (Å²) in [7, 11) is 0. The summed E-state index contributed by atoms with van der Waals surface area (Å²) in [6, 6.07) is 38.6. The first kappa shape index (κ1) is 57.5. The molecule has 410 valence electrons. The zero-order chi connectivity index (χ0) is 56.3. The van der Waals surface area contributed by atoms with Crippen molar-refractivity contribution in [3.63, 3.8) is 0 Å². The highest BCUT2D eigenvalue weighted by molar-refractivity contribution is 5.88. The Morgan fingerprint density at radius 1 is 0.481 bits per heavy atom. The van der Waals surface area contributed by atoms with E-state index in [4.69, 9.17) is 29.4 Å². The molecular weight excluding hydrogens is 1040 g/mol. The van der Waals surface area contributed by atoms with Gasteiger partial charge in [0.25, 0.3) is 0 Å². The smallest absolute Gasteiger partial charge is 0.408 e. The fourth-order valence-corrected chi connectivity index (χ4v) is 7.81. The van der Waals surface area contributed by atoms with Crippen LogP contribution >= 0.6 is 0 Å². The maximum Gasteiger partial charge on any atom is 0.408 e. The summed E-state index contributed by atoms with van der Waals surface area (Å²) >= 11 is 0. The van der Waals surface area contributed by atoms with Crippen LogP contribution in [-0.4, -0.2) is 54.7 Å². The fraction of sp³-hybridized carbons (Fsp3) is 0.203. The number of rotatable bonds is 24. The Hall–Kier alpha value is -9.17. The topological polar surface area (TPSA) is 194 Å². The lowest BCUT2D eigenvalue weighted by Crippen LogP contribution is -2.50. The Bertz CT molecular complexity index is 3190. The summed E-state index contributed by atoms with van der Waals surface area (Å²) < 4.78 is 115. The molecule has 0 aliphatic rings. The number of nitrogens with two attached hydrogens (primary N) is 1. The molecule has 0 spiro atoms. The maximum atomic E-state index is 16.0. The molecule has 0 fully saturated rings. The Morgan fingerprint density at radius 2 is 0.937 bits per heavy atom. The lowest BCUT2D eigenvalue weighted by Gasteiger charge is -2.21. The highest BCUT2D eigenvalue weighted by Crippen LogP contribution is 2.33. The minimum absolute atomic E-state index is 0.0437. The number of alkyl carbamates (subject to hydrolysis) is 2. The summed E-state index contributed by atoms with van der Waals surface area (Å²) in [5, 5.41) is 7.44. The van der Waals surface area contributed by atoms with Crippen molar-refractivity contribution in [2.45, 2.75) is 70.2 Å². The van der Waals surface area contributed by atoms with Crippen molar-refractivity contribution in [3.8, 4) is 22.6 Å². The van der Waals surface area contributed by atoms with E-state index in [9.17, 15) is 45.9 Å². The van der Waals surface area contributed by atoms with Gasteiger partial charge in [-0.25, -0.2) is 36.7 Å². The molecule has 7 rings (SSSR count). The number of halogens is 6. The zero-order valence-electron chi connectivity index (χ0n) is 42.0. The number of benzene rings is 7. The number of amides is 3. The number of carbonyl (C=O) groups excluding carboxylic acids is 5. The Morgan fingerprint density at radius 3 is 1.49 bits per heavy atom. The van der Waals surface area contributed by atoms with Gasteiger partial charge in [-0.3, -0.25) is 4.79 Å². The van der Waals surface area contributed by atoms with Crippen LogP contribution in [0.15, 0.2) is 158 Å². The third kappa shape index (κ3) is 16.7. The lowest BCUT2D eigenvalue weighted by molar-refractivity contribution is -0.149. The van der Waals surface area contributed by atoms with E-state index in [1.807, 2.05) is 6.07 Å². The van der Waals surface area contributed by atoms with Crippen molar-refractivity contribution in [3.05, 3.63) is 226 Å². The van der Waals surface area contributed by atoms with Crippen LogP contribution in [0.4, 0.5) is 35.9 Å². The molecule has 0 aliphatic heterocycles. The van der Waals surface area contributed by atoms with Crippen molar-refractivity contribution in [2.24, 2.45) is 5.73 Å². The first-order chi connectivity index (χ1) is 38.1. The lowest BCUT2D eigenvalue weighted by atomic mass is 9.95. The van der Waals surface area contributed by atoms with Crippen LogP contribution in [0, 0.1) is 34.9 Å². The van der Waals surface area contributed by atoms with Gasteiger partial charge in [-0.15, -0.1) is 0 Å². The predicted octanol–water partition coefficient (Wildman–Crippen LogP) is 10.0. The van der Waals surface area contributed by atoms with Crippen molar-refractivity contribution in [2.75, 3.05) is 6.54 Å². The molecule has 3 atom stereocenters. The van der Waals surface area contributed by atoms with Crippen LogP contribution in [0.3, 0.4) is 0 Å². The summed E-state index contributed by atoms with van der Waals surface area (Å²) in [4.78, 5) is 66.8. The third-order valence-corrected chi connectivity index (χ3v) is 12.0. The minimum Gasteiger partial charge on any atom is -0.489 e. The van der Waals surface area contributed by atoms with Gasteiger partial charge in [0.15, 0.2) is 0 Å². The molecule has 7 aromatic rings. The zero-order valence-corrected chi connectivity index (χ0v) is 42.0. The minimum atomic E-state index is -2.50. The van der Waals surface area contributed by atoms with E-state index in [-0.39, 0.29) is 62.7 Å². The van der Waals surface area contributed by atoms with Gasteiger partial charge in [-0.1, -0.05) is 133 Å². The molecule has 0 saturated heterocycles. The van der Waals surface area contributed by atoms with Crippen LogP contribution in [0.5, 0.6) is 11.5 Å². The van der Waals surface area contributed by atoms with Gasteiger partial charge in [0.2, 0.25) is 40.7 Å². The monoisotopic (exact) mass is 1090 g/mol. The van der Waals surface area contributed by atoms with Gasteiger partial charge in [-0.05, 0) is 81.6 Å². The van der Waals surface area contributed by atoms with Crippen LogP contribution in [0.2, 0.25) is 0 Å². The van der Waals surface area contributed by atoms with E-state index in [0.717, 1.165) is 11.6 Å². The van der Waals surface area contributed by atoms with E-state index in [2.05, 4.69) is 16.0 Å². The number of carbonyl (C=O) groups is 5. The second kappa shape index (κ2) is 28.3. The van der Waals surface area contributed by atoms with E-state index in [0.29, 0.717) is 27.8 Å². The van der Waals surface area contributed by atoms with Gasteiger partial charge in [0.1, 0.15) is 50.1 Å². The molecule has 0 aromatic heterocycles. The molecule has 0 saturated carbocycles. The van der Waals surface area contributed by atoms with Crippen LogP contribution in [0.25, 0.3) is 11.1 Å². The van der Waals surface area contributed by atoms with Crippen molar-refractivity contribution >= 4 is 30.0 Å².